The minimum absolute atomic E-state index is 0.238. The second kappa shape index (κ2) is 6.63. The maximum Gasteiger partial charge on any atom is 0.431 e. The topological polar surface area (TPSA) is 20.2 Å². The lowest BCUT2D eigenvalue weighted by atomic mass is 10.1. The van der Waals surface area contributed by atoms with E-state index in [-0.39, 0.29) is 6.54 Å². The van der Waals surface area contributed by atoms with E-state index in [2.05, 4.69) is 10.2 Å². The Kier molecular flexibility index (Phi) is 4.44. The van der Waals surface area contributed by atoms with Crippen LogP contribution in [0.2, 0.25) is 0 Å². The lowest BCUT2D eigenvalue weighted by Crippen LogP contribution is -2.43. The van der Waals surface area contributed by atoms with Crippen LogP contribution in [0.5, 0.6) is 0 Å². The molecule has 3 aromatic rings. The summed E-state index contributed by atoms with van der Waals surface area (Å²) in [6, 6.07) is 10.7. The standard InChI is InChI=1S/C19H20F3N3S/c1-13-5-6-14(26-13)12-25-17-4-2-3-16(24-9-7-23-8-10-24)15(17)11-18(25)19(20,21)22/h2-6,11,23H,7-10,12H2,1H3. The molecule has 1 N–H and O–H groups in total. The number of thiophene rings is 1. The van der Waals surface area contributed by atoms with Crippen molar-refractivity contribution < 1.29 is 13.2 Å². The highest BCUT2D eigenvalue weighted by Crippen LogP contribution is 2.38. The van der Waals surface area contributed by atoms with Gasteiger partial charge in [-0.3, -0.25) is 0 Å². The average molecular weight is 379 g/mol. The minimum atomic E-state index is -4.38. The van der Waals surface area contributed by atoms with E-state index in [9.17, 15) is 13.2 Å². The number of nitrogens with one attached hydrogen (secondary N) is 1. The van der Waals surface area contributed by atoms with Crippen molar-refractivity contribution in [3.8, 4) is 0 Å². The Bertz CT molecular complexity index is 920. The number of fused-ring (bicyclic) bond motifs is 1. The normalized spacial score (nSPS) is 15.8. The molecule has 0 aliphatic carbocycles. The first kappa shape index (κ1) is 17.4. The second-order valence-corrected chi connectivity index (χ2v) is 7.95. The van der Waals surface area contributed by atoms with Gasteiger partial charge < -0.3 is 14.8 Å². The lowest BCUT2D eigenvalue weighted by molar-refractivity contribution is -0.143. The molecule has 1 saturated heterocycles. The Balaban J connectivity index is 1.85. The number of piperazine rings is 1. The van der Waals surface area contributed by atoms with Crippen LogP contribution in [-0.4, -0.2) is 30.7 Å². The van der Waals surface area contributed by atoms with Gasteiger partial charge in [-0.15, -0.1) is 11.3 Å². The Morgan fingerprint density at radius 3 is 2.54 bits per heavy atom. The van der Waals surface area contributed by atoms with Crippen molar-refractivity contribution in [1.29, 1.82) is 0 Å². The highest BCUT2D eigenvalue weighted by atomic mass is 32.1. The fourth-order valence-corrected chi connectivity index (χ4v) is 4.46. The summed E-state index contributed by atoms with van der Waals surface area (Å²) in [6.45, 7) is 5.50. The summed E-state index contributed by atoms with van der Waals surface area (Å²) >= 11 is 1.54. The quantitative estimate of drug-likeness (QED) is 0.724. The fraction of sp³-hybridized carbons (Fsp3) is 0.368. The van der Waals surface area contributed by atoms with E-state index >= 15 is 0 Å². The van der Waals surface area contributed by atoms with Crippen molar-refractivity contribution in [2.45, 2.75) is 19.6 Å². The van der Waals surface area contributed by atoms with Gasteiger partial charge in [0.15, 0.2) is 0 Å². The number of anilines is 1. The zero-order valence-electron chi connectivity index (χ0n) is 14.4. The van der Waals surface area contributed by atoms with Crippen molar-refractivity contribution in [2.75, 3.05) is 31.1 Å². The lowest BCUT2D eigenvalue weighted by Gasteiger charge is -2.30. The van der Waals surface area contributed by atoms with Gasteiger partial charge in [-0.2, -0.15) is 13.2 Å². The summed E-state index contributed by atoms with van der Waals surface area (Å²) in [5.74, 6) is 0. The smallest absolute Gasteiger partial charge is 0.368 e. The van der Waals surface area contributed by atoms with Gasteiger partial charge in [0.25, 0.3) is 0 Å². The second-order valence-electron chi connectivity index (χ2n) is 6.57. The molecule has 7 heteroatoms. The summed E-state index contributed by atoms with van der Waals surface area (Å²) in [7, 11) is 0. The molecule has 3 heterocycles. The van der Waals surface area contributed by atoms with E-state index in [0.29, 0.717) is 10.9 Å². The van der Waals surface area contributed by atoms with Crippen LogP contribution in [0.1, 0.15) is 15.4 Å². The van der Waals surface area contributed by atoms with E-state index in [0.717, 1.165) is 41.6 Å². The largest absolute Gasteiger partial charge is 0.431 e. The Morgan fingerprint density at radius 1 is 1.12 bits per heavy atom. The number of rotatable bonds is 3. The Labute approximate surface area is 154 Å². The van der Waals surface area contributed by atoms with Gasteiger partial charge in [0, 0.05) is 47.0 Å². The van der Waals surface area contributed by atoms with E-state index in [1.54, 1.807) is 6.07 Å². The van der Waals surface area contributed by atoms with E-state index in [1.165, 1.54) is 22.0 Å². The molecule has 26 heavy (non-hydrogen) atoms. The van der Waals surface area contributed by atoms with Gasteiger partial charge in [0.1, 0.15) is 5.69 Å². The van der Waals surface area contributed by atoms with Gasteiger partial charge in [0.05, 0.1) is 12.1 Å². The number of benzene rings is 1. The molecular weight excluding hydrogens is 359 g/mol. The number of halogens is 3. The van der Waals surface area contributed by atoms with Gasteiger partial charge >= 0.3 is 6.18 Å². The number of aromatic nitrogens is 1. The minimum Gasteiger partial charge on any atom is -0.368 e. The summed E-state index contributed by atoms with van der Waals surface area (Å²) < 4.78 is 42.6. The molecule has 0 bridgehead atoms. The van der Waals surface area contributed by atoms with Crippen molar-refractivity contribution >= 4 is 27.9 Å². The molecule has 0 spiro atoms. The molecule has 1 aliphatic heterocycles. The molecule has 0 amide bonds. The summed E-state index contributed by atoms with van der Waals surface area (Å²) in [4.78, 5) is 4.20. The monoisotopic (exact) mass is 379 g/mol. The molecule has 3 nitrogen and oxygen atoms in total. The first-order valence-corrected chi connectivity index (χ1v) is 9.45. The predicted molar refractivity (Wildman–Crippen MR) is 100 cm³/mol. The average Bonchev–Trinajstić information content (AvgIpc) is 3.19. The molecular formula is C19H20F3N3S. The molecule has 0 atom stereocenters. The third-order valence-corrected chi connectivity index (χ3v) is 5.77. The summed E-state index contributed by atoms with van der Waals surface area (Å²) in [6.07, 6.45) is -4.38. The van der Waals surface area contributed by atoms with E-state index in [4.69, 9.17) is 0 Å². The van der Waals surface area contributed by atoms with E-state index in [1.807, 2.05) is 31.2 Å². The molecule has 0 radical (unpaired) electrons. The number of alkyl halides is 3. The van der Waals surface area contributed by atoms with Crippen molar-refractivity contribution in [2.24, 2.45) is 0 Å². The predicted octanol–water partition coefficient (Wildman–Crippen LogP) is 4.49. The Morgan fingerprint density at radius 2 is 1.88 bits per heavy atom. The third-order valence-electron chi connectivity index (χ3n) is 4.78. The SMILES string of the molecule is Cc1ccc(Cn2c(C(F)(F)F)cc3c(N4CCNCC4)cccc32)s1. The van der Waals surface area contributed by atoms with Crippen molar-refractivity contribution in [3.05, 3.63) is 51.8 Å². The first-order chi connectivity index (χ1) is 12.4. The van der Waals surface area contributed by atoms with Crippen LogP contribution in [0.25, 0.3) is 10.9 Å². The molecule has 0 unspecified atom stereocenters. The maximum absolute atomic E-state index is 13.7. The number of hydrogen-bond acceptors (Lipinski definition) is 3. The maximum atomic E-state index is 13.7. The van der Waals surface area contributed by atoms with Crippen LogP contribution in [0.3, 0.4) is 0 Å². The van der Waals surface area contributed by atoms with E-state index < -0.39 is 11.9 Å². The summed E-state index contributed by atoms with van der Waals surface area (Å²) in [5.41, 5.74) is 0.941. The molecule has 1 fully saturated rings. The molecule has 2 aromatic heterocycles. The van der Waals surface area contributed by atoms with Crippen LogP contribution < -0.4 is 10.2 Å². The molecule has 0 saturated carbocycles. The first-order valence-electron chi connectivity index (χ1n) is 8.64. The van der Waals surface area contributed by atoms with Crippen LogP contribution in [0, 0.1) is 6.92 Å². The van der Waals surface area contributed by atoms with Crippen LogP contribution in [0.15, 0.2) is 36.4 Å². The van der Waals surface area contributed by atoms with Gasteiger partial charge in [-0.05, 0) is 37.3 Å². The van der Waals surface area contributed by atoms with Crippen LogP contribution in [0.4, 0.5) is 18.9 Å². The fourth-order valence-electron chi connectivity index (χ4n) is 3.58. The molecule has 1 aliphatic rings. The van der Waals surface area contributed by atoms with Crippen LogP contribution in [-0.2, 0) is 12.7 Å². The number of hydrogen-bond donors (Lipinski definition) is 1. The summed E-state index contributed by atoms with van der Waals surface area (Å²) in [5, 5.41) is 3.96. The number of aryl methyl sites for hydroxylation is 1. The zero-order valence-corrected chi connectivity index (χ0v) is 15.3. The van der Waals surface area contributed by atoms with Gasteiger partial charge in [-0.25, -0.2) is 0 Å². The van der Waals surface area contributed by atoms with Crippen molar-refractivity contribution in [3.63, 3.8) is 0 Å². The zero-order chi connectivity index (χ0) is 18.3. The highest BCUT2D eigenvalue weighted by molar-refractivity contribution is 7.11. The van der Waals surface area contributed by atoms with Crippen molar-refractivity contribution in [1.82, 2.24) is 9.88 Å². The number of nitrogens with zero attached hydrogens (tertiary/aromatic N) is 2. The highest BCUT2D eigenvalue weighted by Gasteiger charge is 2.36. The van der Waals surface area contributed by atoms with Gasteiger partial charge in [0.2, 0.25) is 0 Å². The third kappa shape index (κ3) is 3.21. The van der Waals surface area contributed by atoms with Crippen LogP contribution >= 0.6 is 11.3 Å². The van der Waals surface area contributed by atoms with Gasteiger partial charge in [-0.1, -0.05) is 6.07 Å². The Hall–Kier alpha value is -1.99. The molecule has 1 aromatic carbocycles. The molecule has 138 valence electrons. The molecule has 4 rings (SSSR count).